The lowest BCUT2D eigenvalue weighted by atomic mass is 10.1. The first-order valence-electron chi connectivity index (χ1n) is 9.21. The van der Waals surface area contributed by atoms with Crippen molar-refractivity contribution in [3.8, 4) is 11.8 Å². The van der Waals surface area contributed by atoms with Crippen LogP contribution >= 0.6 is 0 Å². The minimum absolute atomic E-state index is 0.315. The van der Waals surface area contributed by atoms with Crippen molar-refractivity contribution in [2.45, 2.75) is 32.6 Å². The third kappa shape index (κ3) is 6.48. The predicted molar refractivity (Wildman–Crippen MR) is 104 cm³/mol. The average molecular weight is 394 g/mol. The molecule has 8 nitrogen and oxygen atoms in total. The molecule has 1 aromatic rings. The summed E-state index contributed by atoms with van der Waals surface area (Å²) in [5.74, 6) is 4.18. The van der Waals surface area contributed by atoms with Crippen molar-refractivity contribution in [2.75, 3.05) is 36.8 Å². The number of unbranched alkanes of at least 4 members (excludes halogenated alkanes) is 3. The molecule has 0 saturated carbocycles. The van der Waals surface area contributed by atoms with E-state index in [9.17, 15) is 13.2 Å². The summed E-state index contributed by atoms with van der Waals surface area (Å²) < 4.78 is 26.7. The highest BCUT2D eigenvalue weighted by molar-refractivity contribution is 7.89. The number of primary amides is 1. The Hall–Kier alpha value is -2.18. The van der Waals surface area contributed by atoms with E-state index in [-0.39, 0.29) is 5.75 Å². The lowest BCUT2D eigenvalue weighted by molar-refractivity contribution is -0.119. The van der Waals surface area contributed by atoms with Crippen LogP contribution in [-0.4, -0.2) is 60.5 Å². The van der Waals surface area contributed by atoms with E-state index in [1.807, 2.05) is 4.90 Å². The molecule has 1 amide bonds. The van der Waals surface area contributed by atoms with Gasteiger partial charge in [-0.05, 0) is 12.5 Å². The fourth-order valence-corrected chi connectivity index (χ4v) is 4.39. The van der Waals surface area contributed by atoms with Crippen molar-refractivity contribution >= 4 is 21.9 Å². The molecule has 2 N–H and O–H groups in total. The maximum absolute atomic E-state index is 12.7. The Balaban J connectivity index is 1.93. The third-order valence-electron chi connectivity index (χ3n) is 4.37. The molecule has 1 unspecified atom stereocenters. The van der Waals surface area contributed by atoms with Crippen LogP contribution in [0.15, 0.2) is 18.5 Å². The lowest BCUT2D eigenvalue weighted by Gasteiger charge is -2.34. The maximum atomic E-state index is 12.7. The Morgan fingerprint density at radius 3 is 2.48 bits per heavy atom. The minimum atomic E-state index is -3.62. The van der Waals surface area contributed by atoms with Crippen LogP contribution in [0, 0.1) is 17.8 Å². The van der Waals surface area contributed by atoms with Gasteiger partial charge in [-0.25, -0.2) is 18.4 Å². The van der Waals surface area contributed by atoms with Gasteiger partial charge in [0.15, 0.2) is 0 Å². The molecular weight excluding hydrogens is 366 g/mol. The van der Waals surface area contributed by atoms with Gasteiger partial charge in [0.25, 0.3) is 0 Å². The molecule has 1 aromatic heterocycles. The van der Waals surface area contributed by atoms with Crippen LogP contribution in [0.1, 0.15) is 32.6 Å². The number of carbonyl (C=O) groups is 1. The van der Waals surface area contributed by atoms with Crippen molar-refractivity contribution in [2.24, 2.45) is 11.7 Å². The van der Waals surface area contributed by atoms with E-state index in [2.05, 4.69) is 28.7 Å². The number of hydrogen-bond donors (Lipinski definition) is 1. The van der Waals surface area contributed by atoms with Crippen LogP contribution < -0.4 is 10.6 Å². The largest absolute Gasteiger partial charge is 0.369 e. The maximum Gasteiger partial charge on any atom is 0.233 e. The monoisotopic (exact) mass is 393 g/mol. The van der Waals surface area contributed by atoms with E-state index in [4.69, 9.17) is 5.73 Å². The van der Waals surface area contributed by atoms with E-state index in [1.165, 1.54) is 4.31 Å². The first-order chi connectivity index (χ1) is 12.9. The number of sulfonamides is 1. The third-order valence-corrected chi connectivity index (χ3v) is 6.28. The molecule has 1 aliphatic rings. The highest BCUT2D eigenvalue weighted by Gasteiger charge is 2.31. The molecule has 0 bridgehead atoms. The van der Waals surface area contributed by atoms with Crippen LogP contribution in [-0.2, 0) is 14.8 Å². The number of rotatable bonds is 8. The molecule has 2 rings (SSSR count). The number of nitrogens with two attached hydrogens (primary N) is 1. The summed E-state index contributed by atoms with van der Waals surface area (Å²) in [4.78, 5) is 21.9. The SMILES string of the molecule is CCCCCC#CC(CS(=O)(=O)N1CCN(c2ncccn2)CC1)C(N)=O. The fourth-order valence-electron chi connectivity index (χ4n) is 2.79. The quantitative estimate of drug-likeness (QED) is 0.512. The van der Waals surface area contributed by atoms with Gasteiger partial charge in [-0.1, -0.05) is 25.7 Å². The van der Waals surface area contributed by atoms with Gasteiger partial charge in [0, 0.05) is 45.0 Å². The summed E-state index contributed by atoms with van der Waals surface area (Å²) in [6.45, 7) is 3.71. The zero-order valence-corrected chi connectivity index (χ0v) is 16.5. The Kier molecular flexibility index (Phi) is 8.00. The second kappa shape index (κ2) is 10.2. The number of hydrogen-bond acceptors (Lipinski definition) is 6. The Morgan fingerprint density at radius 1 is 1.22 bits per heavy atom. The summed E-state index contributed by atoms with van der Waals surface area (Å²) in [6, 6.07) is 1.73. The molecule has 0 aromatic carbocycles. The van der Waals surface area contributed by atoms with Gasteiger partial charge in [-0.15, -0.1) is 5.92 Å². The summed E-state index contributed by atoms with van der Waals surface area (Å²) in [5, 5.41) is 0. The van der Waals surface area contributed by atoms with Crippen LogP contribution in [0.5, 0.6) is 0 Å². The van der Waals surface area contributed by atoms with Crippen molar-refractivity contribution in [1.29, 1.82) is 0 Å². The molecule has 1 fully saturated rings. The summed E-state index contributed by atoms with van der Waals surface area (Å²) >= 11 is 0. The van der Waals surface area contributed by atoms with Gasteiger partial charge < -0.3 is 10.6 Å². The normalized spacial score (nSPS) is 16.4. The Labute approximate surface area is 161 Å². The molecule has 1 saturated heterocycles. The Morgan fingerprint density at radius 2 is 1.89 bits per heavy atom. The molecule has 1 aliphatic heterocycles. The molecule has 1 atom stereocenters. The molecule has 0 spiro atoms. The number of nitrogens with zero attached hydrogens (tertiary/aromatic N) is 4. The van der Waals surface area contributed by atoms with Crippen molar-refractivity contribution in [3.63, 3.8) is 0 Å². The molecule has 27 heavy (non-hydrogen) atoms. The first kappa shape index (κ1) is 21.1. The van der Waals surface area contributed by atoms with Crippen molar-refractivity contribution in [1.82, 2.24) is 14.3 Å². The van der Waals surface area contributed by atoms with Crippen molar-refractivity contribution < 1.29 is 13.2 Å². The highest BCUT2D eigenvalue weighted by Crippen LogP contribution is 2.14. The van der Waals surface area contributed by atoms with Crippen LogP contribution in [0.2, 0.25) is 0 Å². The molecule has 2 heterocycles. The van der Waals surface area contributed by atoms with Crippen LogP contribution in [0.4, 0.5) is 5.95 Å². The van der Waals surface area contributed by atoms with E-state index >= 15 is 0 Å². The highest BCUT2D eigenvalue weighted by atomic mass is 32.2. The zero-order chi connectivity index (χ0) is 19.7. The zero-order valence-electron chi connectivity index (χ0n) is 15.7. The summed E-state index contributed by atoms with van der Waals surface area (Å²) in [7, 11) is -3.62. The number of anilines is 1. The molecule has 9 heteroatoms. The topological polar surface area (TPSA) is 109 Å². The van der Waals surface area contributed by atoms with Crippen LogP contribution in [0.25, 0.3) is 0 Å². The van der Waals surface area contributed by atoms with E-state index in [1.54, 1.807) is 18.5 Å². The number of piperazine rings is 1. The van der Waals surface area contributed by atoms with Gasteiger partial charge in [-0.3, -0.25) is 4.79 Å². The van der Waals surface area contributed by atoms with E-state index in [0.29, 0.717) is 38.5 Å². The predicted octanol–water partition coefficient (Wildman–Crippen LogP) is 0.614. The minimum Gasteiger partial charge on any atom is -0.369 e. The second-order valence-electron chi connectivity index (χ2n) is 6.45. The molecule has 148 valence electrons. The van der Waals surface area contributed by atoms with Crippen LogP contribution in [0.3, 0.4) is 0 Å². The van der Waals surface area contributed by atoms with Gasteiger partial charge in [0.2, 0.25) is 21.9 Å². The van der Waals surface area contributed by atoms with Gasteiger partial charge in [-0.2, -0.15) is 4.31 Å². The first-order valence-corrected chi connectivity index (χ1v) is 10.8. The Bertz CT molecular complexity index is 765. The fraction of sp³-hybridized carbons (Fsp3) is 0.611. The molecular formula is C18H27N5O3S. The molecule has 0 aliphatic carbocycles. The smallest absolute Gasteiger partial charge is 0.233 e. The van der Waals surface area contributed by atoms with E-state index in [0.717, 1.165) is 19.3 Å². The lowest BCUT2D eigenvalue weighted by Crippen LogP contribution is -2.50. The number of carbonyl (C=O) groups excluding carboxylic acids is 1. The van der Waals surface area contributed by atoms with Crippen molar-refractivity contribution in [3.05, 3.63) is 18.5 Å². The molecule has 0 radical (unpaired) electrons. The van der Waals surface area contributed by atoms with Gasteiger partial charge in [0.05, 0.1) is 5.75 Å². The summed E-state index contributed by atoms with van der Waals surface area (Å²) in [5.41, 5.74) is 5.36. The van der Waals surface area contributed by atoms with E-state index < -0.39 is 21.8 Å². The number of aromatic nitrogens is 2. The second-order valence-corrected chi connectivity index (χ2v) is 8.46. The standard InChI is InChI=1S/C18H27N5O3S/c1-2-3-4-5-6-8-16(17(19)24)15-27(25,26)23-13-11-22(12-14-23)18-20-9-7-10-21-18/h7,9-10,16H,2-5,11-15H2,1H3,(H2,19,24). The summed E-state index contributed by atoms with van der Waals surface area (Å²) in [6.07, 6.45) is 7.03. The van der Waals surface area contributed by atoms with Gasteiger partial charge in [0.1, 0.15) is 5.92 Å². The average Bonchev–Trinajstić information content (AvgIpc) is 2.67. The number of amides is 1. The van der Waals surface area contributed by atoms with Gasteiger partial charge >= 0.3 is 0 Å².